The molecule has 1 saturated heterocycles. The zero-order valence-corrected chi connectivity index (χ0v) is 13.3. The molecule has 0 bridgehead atoms. The average molecular weight is 244 g/mol. The molecule has 0 amide bonds. The lowest BCUT2D eigenvalue weighted by atomic mass is 9.42. The largest absolute Gasteiger partial charge is 0.176 e. The van der Waals surface area contributed by atoms with Crippen LogP contribution in [0.4, 0.5) is 0 Å². The monoisotopic (exact) mass is 244 g/mol. The van der Waals surface area contributed by atoms with E-state index >= 15 is 0 Å². The molecule has 1 fully saturated rings. The Morgan fingerprint density at radius 1 is 0.833 bits per heavy atom. The van der Waals surface area contributed by atoms with Gasteiger partial charge < -0.3 is 0 Å². The van der Waals surface area contributed by atoms with E-state index in [1.807, 2.05) is 13.8 Å². The van der Waals surface area contributed by atoms with Gasteiger partial charge in [0.2, 0.25) is 0 Å². The van der Waals surface area contributed by atoms with Crippen molar-refractivity contribution in [3.8, 4) is 0 Å². The molecule has 1 aromatic rings. The van der Waals surface area contributed by atoms with E-state index in [0.29, 0.717) is 10.8 Å². The topological polar surface area (TPSA) is 0 Å². The van der Waals surface area contributed by atoms with Crippen molar-refractivity contribution in [3.05, 3.63) is 29.8 Å². The number of hydrogen-bond acceptors (Lipinski definition) is 0. The fourth-order valence-electron chi connectivity index (χ4n) is 2.93. The van der Waals surface area contributed by atoms with E-state index in [-0.39, 0.29) is 0 Å². The minimum atomic E-state index is 0.461. The third-order valence-corrected chi connectivity index (χ3v) is 4.89. The molecule has 0 aromatic heterocycles. The Kier molecular flexibility index (Phi) is 4.69. The third-order valence-electron chi connectivity index (χ3n) is 4.89. The van der Waals surface area contributed by atoms with Gasteiger partial charge in [0.25, 0.3) is 0 Å². The van der Waals surface area contributed by atoms with Crippen LogP contribution in [0, 0.1) is 17.8 Å². The zero-order chi connectivity index (χ0) is 14.0. The molecule has 0 radical (unpaired) electrons. The molecule has 1 aliphatic rings. The average Bonchev–Trinajstić information content (AvgIpc) is 2.52. The second-order valence-electron chi connectivity index (χ2n) is 6.78. The van der Waals surface area contributed by atoms with E-state index in [2.05, 4.69) is 58.9 Å². The summed E-state index contributed by atoms with van der Waals surface area (Å²) >= 11 is 0. The van der Waals surface area contributed by atoms with Crippen molar-refractivity contribution in [2.75, 3.05) is 0 Å². The molecule has 0 unspecified atom stereocenters. The molecular formula is C17H29B. The molecule has 0 spiro atoms. The normalized spacial score (nSPS) is 20.3. The Morgan fingerprint density at radius 3 is 1.61 bits per heavy atom. The van der Waals surface area contributed by atoms with Gasteiger partial charge in [-0.05, 0) is 17.8 Å². The van der Waals surface area contributed by atoms with Gasteiger partial charge in [-0.1, -0.05) is 89.5 Å². The van der Waals surface area contributed by atoms with Crippen LogP contribution in [0.2, 0.25) is 12.6 Å². The molecular weight excluding hydrogens is 215 g/mol. The van der Waals surface area contributed by atoms with Crippen molar-refractivity contribution in [1.29, 1.82) is 0 Å². The van der Waals surface area contributed by atoms with Gasteiger partial charge in [-0.25, -0.2) is 0 Å². The minimum absolute atomic E-state index is 0.461. The van der Waals surface area contributed by atoms with Crippen LogP contribution >= 0.6 is 0 Å². The Hall–Kier alpha value is -0.715. The first-order valence-corrected chi connectivity index (χ1v) is 7.38. The van der Waals surface area contributed by atoms with Crippen molar-refractivity contribution in [3.63, 3.8) is 0 Å². The first-order chi connectivity index (χ1) is 8.32. The van der Waals surface area contributed by atoms with Crippen LogP contribution < -0.4 is 5.46 Å². The summed E-state index contributed by atoms with van der Waals surface area (Å²) in [7, 11) is 0. The van der Waals surface area contributed by atoms with Crippen LogP contribution in [-0.4, -0.2) is 6.71 Å². The summed E-state index contributed by atoms with van der Waals surface area (Å²) in [4.78, 5) is 0. The van der Waals surface area contributed by atoms with Crippen LogP contribution in [-0.2, 0) is 0 Å². The lowest BCUT2D eigenvalue weighted by Crippen LogP contribution is -2.27. The van der Waals surface area contributed by atoms with Gasteiger partial charge in [0.15, 0.2) is 6.71 Å². The van der Waals surface area contributed by atoms with Gasteiger partial charge in [-0.3, -0.25) is 0 Å². The Bertz CT molecular complexity index is 357. The summed E-state index contributed by atoms with van der Waals surface area (Å²) in [5.74, 6) is 0. The summed E-state index contributed by atoms with van der Waals surface area (Å²) in [6.45, 7) is 16.6. The van der Waals surface area contributed by atoms with Crippen molar-refractivity contribution in [2.45, 2.75) is 61.1 Å². The van der Waals surface area contributed by atoms with E-state index in [9.17, 15) is 0 Å². The molecule has 0 N–H and O–H groups in total. The van der Waals surface area contributed by atoms with Crippen molar-refractivity contribution < 1.29 is 0 Å². The number of hydrogen-bond donors (Lipinski definition) is 0. The van der Waals surface area contributed by atoms with E-state index in [1.165, 1.54) is 23.7 Å². The summed E-state index contributed by atoms with van der Waals surface area (Å²) in [5, 5.41) is 0. The molecule has 2 rings (SSSR count). The van der Waals surface area contributed by atoms with Gasteiger partial charge in [-0.15, -0.1) is 0 Å². The van der Waals surface area contributed by atoms with Gasteiger partial charge in [0, 0.05) is 0 Å². The van der Waals surface area contributed by atoms with Crippen LogP contribution in [0.15, 0.2) is 24.3 Å². The summed E-state index contributed by atoms with van der Waals surface area (Å²) in [6.07, 6.45) is 2.64. The summed E-state index contributed by atoms with van der Waals surface area (Å²) in [5.41, 5.74) is 3.81. The predicted octanol–water partition coefficient (Wildman–Crippen LogP) is 4.79. The predicted molar refractivity (Wildman–Crippen MR) is 85.1 cm³/mol. The van der Waals surface area contributed by atoms with Crippen molar-refractivity contribution >= 4 is 12.2 Å². The maximum Gasteiger partial charge on any atom is 0.176 e. The molecule has 100 valence electrons. The molecule has 1 heterocycles. The molecule has 0 nitrogen and oxygen atoms in total. The number of benzene rings is 1. The maximum atomic E-state index is 2.42. The molecule has 1 aromatic carbocycles. The quantitative estimate of drug-likeness (QED) is 0.623. The van der Waals surface area contributed by atoms with E-state index < -0.39 is 0 Å². The standard InChI is InChI=1S/C15H23B.C2H6/c1-12-6-8-13(9-7-12)16-10-14(2,3)15(4,5)11-16;1-2/h6-9H,10-11H2,1-5H3;1-2H3. The second kappa shape index (κ2) is 5.51. The highest BCUT2D eigenvalue weighted by Gasteiger charge is 2.47. The molecule has 0 saturated carbocycles. The van der Waals surface area contributed by atoms with Gasteiger partial charge in [-0.2, -0.15) is 0 Å². The summed E-state index contributed by atoms with van der Waals surface area (Å²) in [6, 6.07) is 9.12. The van der Waals surface area contributed by atoms with Gasteiger partial charge in [0.1, 0.15) is 0 Å². The minimum Gasteiger partial charge on any atom is -0.0800 e. The summed E-state index contributed by atoms with van der Waals surface area (Å²) < 4.78 is 0. The van der Waals surface area contributed by atoms with Gasteiger partial charge >= 0.3 is 0 Å². The van der Waals surface area contributed by atoms with Crippen LogP contribution in [0.3, 0.4) is 0 Å². The fourth-order valence-corrected chi connectivity index (χ4v) is 2.93. The fraction of sp³-hybridized carbons (Fsp3) is 0.647. The van der Waals surface area contributed by atoms with Crippen LogP contribution in [0.5, 0.6) is 0 Å². The van der Waals surface area contributed by atoms with Crippen LogP contribution in [0.1, 0.15) is 47.1 Å². The highest BCUT2D eigenvalue weighted by atomic mass is 14.4. The SMILES string of the molecule is CC.Cc1ccc(B2CC(C)(C)C(C)(C)C2)cc1. The maximum absolute atomic E-state index is 2.42. The lowest BCUT2D eigenvalue weighted by molar-refractivity contribution is 0.177. The van der Waals surface area contributed by atoms with Crippen molar-refractivity contribution in [2.24, 2.45) is 10.8 Å². The molecule has 0 aliphatic carbocycles. The lowest BCUT2D eigenvalue weighted by Gasteiger charge is -2.35. The van der Waals surface area contributed by atoms with E-state index in [0.717, 1.165) is 6.71 Å². The Morgan fingerprint density at radius 2 is 1.22 bits per heavy atom. The first kappa shape index (κ1) is 15.3. The van der Waals surface area contributed by atoms with Crippen LogP contribution in [0.25, 0.3) is 0 Å². The second-order valence-corrected chi connectivity index (χ2v) is 6.78. The zero-order valence-electron chi connectivity index (χ0n) is 13.3. The molecule has 0 atom stereocenters. The van der Waals surface area contributed by atoms with Gasteiger partial charge in [0.05, 0.1) is 0 Å². The first-order valence-electron chi connectivity index (χ1n) is 7.38. The number of rotatable bonds is 1. The molecule has 1 heteroatoms. The van der Waals surface area contributed by atoms with E-state index in [4.69, 9.17) is 0 Å². The van der Waals surface area contributed by atoms with E-state index in [1.54, 1.807) is 0 Å². The Labute approximate surface area is 114 Å². The molecule has 18 heavy (non-hydrogen) atoms. The third kappa shape index (κ3) is 2.99. The highest BCUT2D eigenvalue weighted by molar-refractivity contribution is 6.74. The van der Waals surface area contributed by atoms with Crippen molar-refractivity contribution in [1.82, 2.24) is 0 Å². The number of aryl methyl sites for hydroxylation is 1. The smallest absolute Gasteiger partial charge is 0.0800 e. The molecule has 1 aliphatic heterocycles. The Balaban J connectivity index is 0.000000771. The highest BCUT2D eigenvalue weighted by Crippen LogP contribution is 2.52.